The van der Waals surface area contributed by atoms with Crippen LogP contribution >= 0.6 is 0 Å². The Morgan fingerprint density at radius 3 is 2.74 bits per heavy atom. The summed E-state index contributed by atoms with van der Waals surface area (Å²) in [6, 6.07) is 5.28. The van der Waals surface area contributed by atoms with E-state index in [1.807, 2.05) is 6.07 Å². The Hall–Kier alpha value is -2.54. The maximum absolute atomic E-state index is 13.0. The predicted octanol–water partition coefficient (Wildman–Crippen LogP) is 0.315. The minimum Gasteiger partial charge on any atom is -0.326 e. The van der Waals surface area contributed by atoms with Gasteiger partial charge in [-0.1, -0.05) is 6.07 Å². The summed E-state index contributed by atoms with van der Waals surface area (Å²) in [5.74, 6) is -0.359. The third-order valence-electron chi connectivity index (χ3n) is 4.41. The number of carbonyl (C=O) groups excluding carboxylic acids is 2. The summed E-state index contributed by atoms with van der Waals surface area (Å²) in [5, 5.41) is 2.73. The van der Waals surface area contributed by atoms with E-state index in [0.717, 1.165) is 5.56 Å². The van der Waals surface area contributed by atoms with E-state index in [4.69, 9.17) is 5.73 Å². The Balaban J connectivity index is 2.27. The molecule has 1 atom stereocenters. The highest BCUT2D eigenvalue weighted by Crippen LogP contribution is 2.26. The number of rotatable bonds is 2. The maximum atomic E-state index is 13.0. The monoisotopic (exact) mass is 314 g/mol. The van der Waals surface area contributed by atoms with Crippen molar-refractivity contribution >= 4 is 22.7 Å². The van der Waals surface area contributed by atoms with Crippen molar-refractivity contribution in [3.05, 3.63) is 39.9 Å². The van der Waals surface area contributed by atoms with Gasteiger partial charge in [0.25, 0.3) is 11.5 Å². The number of hydrogen-bond donors (Lipinski definition) is 2. The maximum Gasteiger partial charge on any atom is 0.262 e. The Labute approximate surface area is 132 Å². The van der Waals surface area contributed by atoms with E-state index in [1.54, 1.807) is 26.0 Å². The number of aromatic nitrogens is 2. The average Bonchev–Trinajstić information content (AvgIpc) is 2.51. The molecule has 23 heavy (non-hydrogen) atoms. The lowest BCUT2D eigenvalue weighted by Gasteiger charge is -2.34. The molecule has 0 radical (unpaired) electrons. The summed E-state index contributed by atoms with van der Waals surface area (Å²) in [5.41, 5.74) is 5.59. The molecule has 1 saturated heterocycles. The number of piperidine rings is 1. The first-order chi connectivity index (χ1) is 10.9. The molecule has 120 valence electrons. The number of nitrogens with one attached hydrogen (secondary N) is 1. The minimum atomic E-state index is -1.13. The van der Waals surface area contributed by atoms with Gasteiger partial charge >= 0.3 is 0 Å². The van der Waals surface area contributed by atoms with Crippen molar-refractivity contribution in [2.24, 2.45) is 5.73 Å². The molecule has 0 spiro atoms. The fourth-order valence-corrected chi connectivity index (χ4v) is 3.06. The van der Waals surface area contributed by atoms with E-state index in [9.17, 15) is 14.4 Å². The zero-order valence-corrected chi connectivity index (χ0v) is 13.0. The topological polar surface area (TPSA) is 107 Å². The van der Waals surface area contributed by atoms with Crippen LogP contribution in [0.2, 0.25) is 0 Å². The lowest BCUT2D eigenvalue weighted by molar-refractivity contribution is -0.140. The second-order valence-electron chi connectivity index (χ2n) is 6.01. The van der Waals surface area contributed by atoms with E-state index in [-0.39, 0.29) is 24.3 Å². The van der Waals surface area contributed by atoms with Crippen LogP contribution < -0.4 is 16.6 Å². The molecule has 1 aliphatic heterocycles. The van der Waals surface area contributed by atoms with Gasteiger partial charge < -0.3 is 5.73 Å². The fourth-order valence-electron chi connectivity index (χ4n) is 3.06. The predicted molar refractivity (Wildman–Crippen MR) is 84.7 cm³/mol. The SMILES string of the molecule is Cc1nc2ccc(CN)cc2c(=O)n1[C@]1(C)CCC(=O)NC1=O. The van der Waals surface area contributed by atoms with Crippen LogP contribution in [0.5, 0.6) is 0 Å². The summed E-state index contributed by atoms with van der Waals surface area (Å²) in [6.45, 7) is 3.66. The van der Waals surface area contributed by atoms with Gasteiger partial charge in [0.15, 0.2) is 0 Å². The fraction of sp³-hybridized carbons (Fsp3) is 0.375. The van der Waals surface area contributed by atoms with Gasteiger partial charge in [-0.05, 0) is 38.0 Å². The van der Waals surface area contributed by atoms with Gasteiger partial charge in [0.05, 0.1) is 10.9 Å². The van der Waals surface area contributed by atoms with Crippen LogP contribution in [0.15, 0.2) is 23.0 Å². The van der Waals surface area contributed by atoms with Crippen molar-refractivity contribution in [2.45, 2.75) is 38.8 Å². The summed E-state index contributed by atoms with van der Waals surface area (Å²) >= 11 is 0. The summed E-state index contributed by atoms with van der Waals surface area (Å²) < 4.78 is 1.39. The molecule has 1 fully saturated rings. The number of fused-ring (bicyclic) bond motifs is 1. The smallest absolute Gasteiger partial charge is 0.262 e. The molecule has 7 heteroatoms. The van der Waals surface area contributed by atoms with E-state index < -0.39 is 11.4 Å². The zero-order valence-electron chi connectivity index (χ0n) is 13.0. The number of hydrogen-bond acceptors (Lipinski definition) is 5. The molecule has 2 heterocycles. The molecular weight excluding hydrogens is 296 g/mol. The first-order valence-electron chi connectivity index (χ1n) is 7.44. The van der Waals surface area contributed by atoms with Gasteiger partial charge in [0, 0.05) is 13.0 Å². The van der Waals surface area contributed by atoms with Gasteiger partial charge in [-0.15, -0.1) is 0 Å². The Morgan fingerprint density at radius 2 is 2.09 bits per heavy atom. The van der Waals surface area contributed by atoms with Gasteiger partial charge in [0.1, 0.15) is 11.4 Å². The number of benzene rings is 1. The summed E-state index contributed by atoms with van der Waals surface area (Å²) in [4.78, 5) is 41.2. The lowest BCUT2D eigenvalue weighted by atomic mass is 9.90. The number of nitrogens with two attached hydrogens (primary N) is 1. The largest absolute Gasteiger partial charge is 0.326 e. The number of carbonyl (C=O) groups is 2. The summed E-state index contributed by atoms with van der Waals surface area (Å²) in [7, 11) is 0. The molecule has 2 amide bonds. The van der Waals surface area contributed by atoms with Crippen molar-refractivity contribution < 1.29 is 9.59 Å². The average molecular weight is 314 g/mol. The third kappa shape index (κ3) is 2.33. The van der Waals surface area contributed by atoms with Gasteiger partial charge in [-0.2, -0.15) is 0 Å². The number of nitrogens with zero attached hydrogens (tertiary/aromatic N) is 2. The van der Waals surface area contributed by atoms with E-state index >= 15 is 0 Å². The van der Waals surface area contributed by atoms with Gasteiger partial charge in [-0.25, -0.2) is 4.98 Å². The second-order valence-corrected chi connectivity index (χ2v) is 6.01. The van der Waals surface area contributed by atoms with Gasteiger partial charge in [0.2, 0.25) is 5.91 Å². The molecule has 0 aliphatic carbocycles. The molecule has 3 rings (SSSR count). The van der Waals surface area contributed by atoms with Crippen molar-refractivity contribution in [3.8, 4) is 0 Å². The van der Waals surface area contributed by atoms with Crippen molar-refractivity contribution in [1.82, 2.24) is 14.9 Å². The number of amides is 2. The highest BCUT2D eigenvalue weighted by molar-refractivity contribution is 6.01. The first kappa shape index (κ1) is 15.4. The van der Waals surface area contributed by atoms with E-state index in [0.29, 0.717) is 23.3 Å². The van der Waals surface area contributed by atoms with Crippen LogP contribution in [0.1, 0.15) is 31.2 Å². The first-order valence-corrected chi connectivity index (χ1v) is 7.44. The highest BCUT2D eigenvalue weighted by atomic mass is 16.2. The number of aryl methyl sites for hydroxylation is 1. The molecule has 1 aromatic heterocycles. The molecule has 0 bridgehead atoms. The lowest BCUT2D eigenvalue weighted by Crippen LogP contribution is -2.56. The Morgan fingerprint density at radius 1 is 1.35 bits per heavy atom. The van der Waals surface area contributed by atoms with Crippen LogP contribution in [-0.4, -0.2) is 21.4 Å². The van der Waals surface area contributed by atoms with Crippen LogP contribution in [0.25, 0.3) is 10.9 Å². The Bertz CT molecular complexity index is 887. The zero-order chi connectivity index (χ0) is 16.8. The molecule has 0 saturated carbocycles. The molecule has 7 nitrogen and oxygen atoms in total. The quantitative estimate of drug-likeness (QED) is 0.776. The van der Waals surface area contributed by atoms with Crippen molar-refractivity contribution in [3.63, 3.8) is 0 Å². The van der Waals surface area contributed by atoms with Gasteiger partial charge in [-0.3, -0.25) is 24.3 Å². The van der Waals surface area contributed by atoms with Crippen molar-refractivity contribution in [2.75, 3.05) is 0 Å². The Kier molecular flexibility index (Phi) is 3.52. The van der Waals surface area contributed by atoms with Crippen molar-refractivity contribution in [1.29, 1.82) is 0 Å². The second kappa shape index (κ2) is 5.27. The molecular formula is C16H18N4O3. The molecule has 1 aliphatic rings. The van der Waals surface area contributed by atoms with Crippen LogP contribution in [-0.2, 0) is 21.7 Å². The molecule has 3 N–H and O–H groups in total. The van der Waals surface area contributed by atoms with Crippen LogP contribution in [0.3, 0.4) is 0 Å². The van der Waals surface area contributed by atoms with E-state index in [1.165, 1.54) is 4.57 Å². The summed E-state index contributed by atoms with van der Waals surface area (Å²) in [6.07, 6.45) is 0.456. The number of imide groups is 1. The molecule has 0 unspecified atom stereocenters. The van der Waals surface area contributed by atoms with Crippen LogP contribution in [0, 0.1) is 6.92 Å². The van der Waals surface area contributed by atoms with Crippen LogP contribution in [0.4, 0.5) is 0 Å². The highest BCUT2D eigenvalue weighted by Gasteiger charge is 2.42. The standard InChI is InChI=1S/C16H18N4O3/c1-9-18-12-4-3-10(8-17)7-11(12)14(22)20(9)16(2)6-5-13(21)19-15(16)23/h3-4,7H,5-6,8,17H2,1-2H3,(H,19,21,23)/t16-/m1/s1. The normalized spacial score (nSPS) is 21.5. The molecule has 1 aromatic carbocycles. The molecule has 2 aromatic rings. The minimum absolute atomic E-state index is 0.189. The van der Waals surface area contributed by atoms with E-state index in [2.05, 4.69) is 10.3 Å². The third-order valence-corrected chi connectivity index (χ3v) is 4.41.